The second-order valence-corrected chi connectivity index (χ2v) is 7.73. The Morgan fingerprint density at radius 3 is 2.23 bits per heavy atom. The van der Waals surface area contributed by atoms with E-state index in [0.717, 1.165) is 47.6 Å². The molecule has 0 unspecified atom stereocenters. The second kappa shape index (κ2) is 9.70. The highest BCUT2D eigenvalue weighted by Gasteiger charge is 2.20. The monoisotopic (exact) mass is 352 g/mol. The fourth-order valence-corrected chi connectivity index (χ4v) is 4.04. The summed E-state index contributed by atoms with van der Waals surface area (Å²) in [6, 6.07) is 8.19. The number of nitrogens with zero attached hydrogens (tertiary/aromatic N) is 2. The van der Waals surface area contributed by atoms with Gasteiger partial charge in [0.15, 0.2) is 0 Å². The van der Waals surface area contributed by atoms with Crippen LogP contribution in [0.2, 0.25) is 0 Å². The van der Waals surface area contributed by atoms with Crippen LogP contribution < -0.4 is 4.74 Å². The molecular weight excluding hydrogens is 320 g/mol. The van der Waals surface area contributed by atoms with Gasteiger partial charge < -0.3 is 4.74 Å². The molecule has 0 aliphatic heterocycles. The van der Waals surface area contributed by atoms with Crippen molar-refractivity contribution in [3.63, 3.8) is 0 Å². The molecule has 0 atom stereocenters. The summed E-state index contributed by atoms with van der Waals surface area (Å²) in [5.74, 6) is 2.87. The van der Waals surface area contributed by atoms with E-state index in [2.05, 4.69) is 29.0 Å². The van der Waals surface area contributed by atoms with Crippen molar-refractivity contribution >= 4 is 0 Å². The van der Waals surface area contributed by atoms with Crippen LogP contribution in [0.25, 0.3) is 11.3 Å². The first kappa shape index (κ1) is 18.9. The van der Waals surface area contributed by atoms with Gasteiger partial charge in [0.05, 0.1) is 24.2 Å². The molecule has 3 heteroatoms. The van der Waals surface area contributed by atoms with Crippen molar-refractivity contribution in [3.8, 4) is 17.0 Å². The Bertz CT molecular complexity index is 643. The van der Waals surface area contributed by atoms with Crippen LogP contribution in [0.1, 0.15) is 64.0 Å². The van der Waals surface area contributed by atoms with Crippen molar-refractivity contribution in [1.29, 1.82) is 0 Å². The van der Waals surface area contributed by atoms with Crippen molar-refractivity contribution in [3.05, 3.63) is 42.4 Å². The topological polar surface area (TPSA) is 35.0 Å². The molecule has 26 heavy (non-hydrogen) atoms. The maximum absolute atomic E-state index is 5.93. The summed E-state index contributed by atoms with van der Waals surface area (Å²) in [6.45, 7) is 5.08. The van der Waals surface area contributed by atoms with Crippen LogP contribution in [-0.4, -0.2) is 16.6 Å². The molecule has 3 nitrogen and oxygen atoms in total. The maximum atomic E-state index is 5.93. The minimum Gasteiger partial charge on any atom is -0.494 e. The summed E-state index contributed by atoms with van der Waals surface area (Å²) in [5, 5.41) is 0. The molecule has 0 amide bonds. The Hall–Kier alpha value is -1.90. The molecule has 1 aromatic heterocycles. The van der Waals surface area contributed by atoms with Crippen molar-refractivity contribution in [2.45, 2.75) is 65.2 Å². The van der Waals surface area contributed by atoms with Crippen LogP contribution in [0, 0.1) is 18.8 Å². The van der Waals surface area contributed by atoms with Gasteiger partial charge in [0.1, 0.15) is 5.75 Å². The van der Waals surface area contributed by atoms with Gasteiger partial charge in [-0.1, -0.05) is 45.4 Å². The first-order valence-corrected chi connectivity index (χ1v) is 10.3. The minimum absolute atomic E-state index is 0.818. The number of rotatable bonds is 8. The summed E-state index contributed by atoms with van der Waals surface area (Å²) in [7, 11) is 0. The molecule has 1 aliphatic carbocycles. The van der Waals surface area contributed by atoms with Crippen LogP contribution in [-0.2, 0) is 0 Å². The Balaban J connectivity index is 1.37. The standard InChI is InChI=1S/C23H32N2O/c1-3-5-19-7-9-20(10-8-19)6-4-15-26-22-13-11-21(12-14-22)23-17-24-18(2)16-25-23/h11-14,16-17,19-20H,3-10,15H2,1-2H3. The molecule has 1 heterocycles. The Kier molecular flexibility index (Phi) is 7.04. The molecule has 2 aromatic rings. The second-order valence-electron chi connectivity index (χ2n) is 7.73. The molecule has 1 saturated carbocycles. The van der Waals surface area contributed by atoms with E-state index in [9.17, 15) is 0 Å². The Labute approximate surface area is 158 Å². The van der Waals surface area contributed by atoms with Gasteiger partial charge in [0, 0.05) is 11.8 Å². The van der Waals surface area contributed by atoms with Gasteiger partial charge in [-0.25, -0.2) is 0 Å². The molecule has 1 fully saturated rings. The normalized spacial score (nSPS) is 20.1. The molecule has 0 spiro atoms. The number of benzene rings is 1. The molecule has 1 aromatic carbocycles. The Morgan fingerprint density at radius 1 is 0.923 bits per heavy atom. The third-order valence-electron chi connectivity index (χ3n) is 5.62. The summed E-state index contributed by atoms with van der Waals surface area (Å²) >= 11 is 0. The van der Waals surface area contributed by atoms with Crippen molar-refractivity contribution in [1.82, 2.24) is 9.97 Å². The lowest BCUT2D eigenvalue weighted by atomic mass is 9.78. The molecule has 0 saturated heterocycles. The molecular formula is C23H32N2O. The van der Waals surface area contributed by atoms with Gasteiger partial charge in [0.25, 0.3) is 0 Å². The minimum atomic E-state index is 0.818. The summed E-state index contributed by atoms with van der Waals surface area (Å²) in [5.41, 5.74) is 2.92. The van der Waals surface area contributed by atoms with Crippen molar-refractivity contribution in [2.75, 3.05) is 6.61 Å². The fraction of sp³-hybridized carbons (Fsp3) is 0.565. The number of ether oxygens (including phenoxy) is 1. The largest absolute Gasteiger partial charge is 0.494 e. The Morgan fingerprint density at radius 2 is 1.62 bits per heavy atom. The lowest BCUT2D eigenvalue weighted by molar-refractivity contribution is 0.230. The molecule has 1 aliphatic rings. The van der Waals surface area contributed by atoms with Crippen LogP contribution in [0.5, 0.6) is 5.75 Å². The van der Waals surface area contributed by atoms with E-state index >= 15 is 0 Å². The number of hydrogen-bond acceptors (Lipinski definition) is 3. The van der Waals surface area contributed by atoms with Crippen LogP contribution >= 0.6 is 0 Å². The highest BCUT2D eigenvalue weighted by atomic mass is 16.5. The molecule has 0 N–H and O–H groups in total. The number of aromatic nitrogens is 2. The summed E-state index contributed by atoms with van der Waals surface area (Å²) in [6.07, 6.45) is 14.6. The van der Waals surface area contributed by atoms with Gasteiger partial charge in [0.2, 0.25) is 0 Å². The van der Waals surface area contributed by atoms with Gasteiger partial charge in [-0.05, 0) is 55.9 Å². The predicted octanol–water partition coefficient (Wildman–Crippen LogP) is 6.22. The zero-order valence-electron chi connectivity index (χ0n) is 16.3. The first-order valence-electron chi connectivity index (χ1n) is 10.3. The van der Waals surface area contributed by atoms with E-state index in [4.69, 9.17) is 4.74 Å². The van der Waals surface area contributed by atoms with Crippen molar-refractivity contribution in [2.24, 2.45) is 11.8 Å². The first-order chi connectivity index (χ1) is 12.7. The highest BCUT2D eigenvalue weighted by molar-refractivity contribution is 5.58. The van der Waals surface area contributed by atoms with E-state index < -0.39 is 0 Å². The SMILES string of the molecule is CCCC1CCC(CCCOc2ccc(-c3cnc(C)cn3)cc2)CC1. The zero-order chi connectivity index (χ0) is 18.2. The number of aryl methyl sites for hydroxylation is 1. The van der Waals surface area contributed by atoms with E-state index in [1.807, 2.05) is 25.3 Å². The zero-order valence-corrected chi connectivity index (χ0v) is 16.3. The van der Waals surface area contributed by atoms with Crippen molar-refractivity contribution < 1.29 is 4.74 Å². The molecule has 3 rings (SSSR count). The van der Waals surface area contributed by atoms with Crippen LogP contribution in [0.15, 0.2) is 36.7 Å². The van der Waals surface area contributed by atoms with E-state index in [1.54, 1.807) is 6.20 Å². The third-order valence-corrected chi connectivity index (χ3v) is 5.62. The average Bonchev–Trinajstić information content (AvgIpc) is 2.68. The quantitative estimate of drug-likeness (QED) is 0.529. The van der Waals surface area contributed by atoms with Crippen LogP contribution in [0.3, 0.4) is 0 Å². The van der Waals surface area contributed by atoms with Gasteiger partial charge >= 0.3 is 0 Å². The lowest BCUT2D eigenvalue weighted by Crippen LogP contribution is -2.15. The highest BCUT2D eigenvalue weighted by Crippen LogP contribution is 2.33. The maximum Gasteiger partial charge on any atom is 0.119 e. The number of hydrogen-bond donors (Lipinski definition) is 0. The molecule has 140 valence electrons. The fourth-order valence-electron chi connectivity index (χ4n) is 4.04. The van der Waals surface area contributed by atoms with E-state index in [0.29, 0.717) is 0 Å². The smallest absolute Gasteiger partial charge is 0.119 e. The summed E-state index contributed by atoms with van der Waals surface area (Å²) < 4.78 is 5.93. The summed E-state index contributed by atoms with van der Waals surface area (Å²) in [4.78, 5) is 8.72. The average molecular weight is 353 g/mol. The molecule has 0 bridgehead atoms. The lowest BCUT2D eigenvalue weighted by Gasteiger charge is -2.28. The van der Waals surface area contributed by atoms with E-state index in [-0.39, 0.29) is 0 Å². The third kappa shape index (κ3) is 5.55. The van der Waals surface area contributed by atoms with E-state index in [1.165, 1.54) is 44.9 Å². The molecule has 0 radical (unpaired) electrons. The van der Waals surface area contributed by atoms with Gasteiger partial charge in [-0.2, -0.15) is 0 Å². The predicted molar refractivity (Wildman–Crippen MR) is 107 cm³/mol. The van der Waals surface area contributed by atoms with Gasteiger partial charge in [-0.15, -0.1) is 0 Å². The van der Waals surface area contributed by atoms with Gasteiger partial charge in [-0.3, -0.25) is 9.97 Å². The van der Waals surface area contributed by atoms with Crippen LogP contribution in [0.4, 0.5) is 0 Å².